The Morgan fingerprint density at radius 2 is 1.55 bits per heavy atom. The van der Waals surface area contributed by atoms with Crippen LogP contribution in [0.15, 0.2) is 54.6 Å². The zero-order chi connectivity index (χ0) is 20.3. The number of aliphatic hydroxyl groups is 1. The highest BCUT2D eigenvalue weighted by atomic mass is 16.5. The molecule has 0 saturated carbocycles. The van der Waals surface area contributed by atoms with Gasteiger partial charge in [-0.2, -0.15) is 5.26 Å². The van der Waals surface area contributed by atoms with E-state index in [2.05, 4.69) is 15.9 Å². The van der Waals surface area contributed by atoms with Crippen LogP contribution < -0.4 is 9.47 Å². The molecule has 1 aliphatic rings. The van der Waals surface area contributed by atoms with E-state index in [4.69, 9.17) is 14.7 Å². The van der Waals surface area contributed by atoms with Crippen LogP contribution in [0.4, 0.5) is 0 Å². The summed E-state index contributed by atoms with van der Waals surface area (Å²) in [5, 5.41) is 19.0. The average molecular weight is 396 g/mol. The summed E-state index contributed by atoms with van der Waals surface area (Å²) in [6, 6.07) is 19.5. The van der Waals surface area contributed by atoms with Gasteiger partial charge in [-0.3, -0.25) is 9.80 Å². The van der Waals surface area contributed by atoms with Gasteiger partial charge in [0.05, 0.1) is 12.5 Å². The summed E-state index contributed by atoms with van der Waals surface area (Å²) < 4.78 is 11.4. The van der Waals surface area contributed by atoms with E-state index in [9.17, 15) is 5.11 Å². The molecule has 3 rings (SSSR count). The molecule has 1 aliphatic heterocycles. The van der Waals surface area contributed by atoms with Crippen LogP contribution in [0, 0.1) is 11.3 Å². The summed E-state index contributed by atoms with van der Waals surface area (Å²) in [5.74, 6) is 1.63. The van der Waals surface area contributed by atoms with Crippen LogP contribution in [0.1, 0.15) is 5.56 Å². The van der Waals surface area contributed by atoms with E-state index in [0.29, 0.717) is 25.3 Å². The minimum Gasteiger partial charge on any atom is -0.492 e. The fourth-order valence-corrected chi connectivity index (χ4v) is 3.34. The number of hydrogen-bond donors (Lipinski definition) is 1. The predicted octanol–water partition coefficient (Wildman–Crippen LogP) is 2.19. The van der Waals surface area contributed by atoms with Crippen molar-refractivity contribution in [1.82, 2.24) is 9.80 Å². The summed E-state index contributed by atoms with van der Waals surface area (Å²) in [6.07, 6.45) is -0.130. The Kier molecular flexibility index (Phi) is 8.32. The Balaban J connectivity index is 1.29. The van der Waals surface area contributed by atoms with Crippen molar-refractivity contribution in [2.24, 2.45) is 0 Å². The number of ether oxygens (including phenoxy) is 2. The zero-order valence-corrected chi connectivity index (χ0v) is 16.7. The first-order chi connectivity index (χ1) is 14.2. The summed E-state index contributed by atoms with van der Waals surface area (Å²) in [4.78, 5) is 4.67. The Morgan fingerprint density at radius 3 is 2.24 bits per heavy atom. The van der Waals surface area contributed by atoms with Gasteiger partial charge in [-0.05, 0) is 29.8 Å². The van der Waals surface area contributed by atoms with Gasteiger partial charge in [0.25, 0.3) is 0 Å². The second-order valence-electron chi connectivity index (χ2n) is 7.25. The summed E-state index contributed by atoms with van der Waals surface area (Å²) in [5.41, 5.74) is 0.965. The molecule has 29 heavy (non-hydrogen) atoms. The average Bonchev–Trinajstić information content (AvgIpc) is 2.75. The molecule has 1 atom stereocenters. The zero-order valence-electron chi connectivity index (χ0n) is 16.7. The lowest BCUT2D eigenvalue weighted by molar-refractivity contribution is 0.0436. The first-order valence-electron chi connectivity index (χ1n) is 10.1. The molecule has 2 aromatic rings. The molecule has 154 valence electrons. The largest absolute Gasteiger partial charge is 0.492 e. The van der Waals surface area contributed by atoms with E-state index in [-0.39, 0.29) is 6.61 Å². The van der Waals surface area contributed by atoms with Gasteiger partial charge < -0.3 is 14.6 Å². The van der Waals surface area contributed by atoms with Crippen LogP contribution in [0.3, 0.4) is 0 Å². The normalized spacial score (nSPS) is 16.1. The van der Waals surface area contributed by atoms with Crippen molar-refractivity contribution in [2.45, 2.75) is 12.5 Å². The predicted molar refractivity (Wildman–Crippen MR) is 112 cm³/mol. The topological polar surface area (TPSA) is 69.0 Å². The van der Waals surface area contributed by atoms with E-state index in [1.165, 1.54) is 0 Å². The number of aliphatic hydroxyl groups excluding tert-OH is 1. The quantitative estimate of drug-likeness (QED) is 0.665. The molecule has 0 amide bonds. The minimum atomic E-state index is -0.526. The van der Waals surface area contributed by atoms with Crippen LogP contribution in [-0.2, 0) is 6.42 Å². The number of benzene rings is 2. The molecule has 1 N–H and O–H groups in total. The summed E-state index contributed by atoms with van der Waals surface area (Å²) >= 11 is 0. The van der Waals surface area contributed by atoms with Crippen molar-refractivity contribution in [1.29, 1.82) is 5.26 Å². The van der Waals surface area contributed by atoms with E-state index < -0.39 is 6.10 Å². The molecule has 0 spiro atoms. The third-order valence-corrected chi connectivity index (χ3v) is 5.00. The molecule has 6 heteroatoms. The molecule has 0 aliphatic carbocycles. The number of para-hydroxylation sites is 1. The summed E-state index contributed by atoms with van der Waals surface area (Å²) in [7, 11) is 0. The van der Waals surface area contributed by atoms with Crippen molar-refractivity contribution >= 4 is 0 Å². The van der Waals surface area contributed by atoms with Gasteiger partial charge in [-0.1, -0.05) is 30.3 Å². The molecule has 0 unspecified atom stereocenters. The van der Waals surface area contributed by atoms with Crippen molar-refractivity contribution in [3.63, 3.8) is 0 Å². The van der Waals surface area contributed by atoms with Gasteiger partial charge in [0, 0.05) is 39.3 Å². The molecule has 6 nitrogen and oxygen atoms in total. The highest BCUT2D eigenvalue weighted by molar-refractivity contribution is 5.28. The van der Waals surface area contributed by atoms with Crippen LogP contribution in [0.2, 0.25) is 0 Å². The summed E-state index contributed by atoms with van der Waals surface area (Å²) in [6.45, 7) is 6.31. The van der Waals surface area contributed by atoms with E-state index in [1.54, 1.807) is 0 Å². The molecule has 2 aromatic carbocycles. The van der Waals surface area contributed by atoms with Crippen molar-refractivity contribution in [3.05, 3.63) is 60.2 Å². The Bertz CT molecular complexity index is 753. The Hall–Kier alpha value is -2.59. The van der Waals surface area contributed by atoms with Gasteiger partial charge in [-0.25, -0.2) is 0 Å². The van der Waals surface area contributed by atoms with Crippen LogP contribution in [0.25, 0.3) is 0 Å². The van der Waals surface area contributed by atoms with Crippen molar-refractivity contribution < 1.29 is 14.6 Å². The number of rotatable bonds is 10. The fourth-order valence-electron chi connectivity index (χ4n) is 3.34. The van der Waals surface area contributed by atoms with E-state index >= 15 is 0 Å². The van der Waals surface area contributed by atoms with Gasteiger partial charge in [-0.15, -0.1) is 0 Å². The Morgan fingerprint density at radius 1 is 0.897 bits per heavy atom. The van der Waals surface area contributed by atoms with Gasteiger partial charge >= 0.3 is 0 Å². The SMILES string of the molecule is N#CCc1ccc(OC[C@H](O)CN2CCN(CCOc3ccccc3)CC2)cc1. The second-order valence-corrected chi connectivity index (χ2v) is 7.25. The number of nitrogens with zero attached hydrogens (tertiary/aromatic N) is 3. The fraction of sp³-hybridized carbons (Fsp3) is 0.435. The molecule has 1 fully saturated rings. The van der Waals surface area contributed by atoms with Crippen LogP contribution in [-0.4, -0.2) is 73.5 Å². The van der Waals surface area contributed by atoms with Gasteiger partial charge in [0.15, 0.2) is 0 Å². The number of nitriles is 1. The van der Waals surface area contributed by atoms with Gasteiger partial charge in [0.1, 0.15) is 30.8 Å². The standard InChI is InChI=1S/C23H29N3O3/c24-11-10-20-6-8-23(9-7-20)29-19-21(27)18-26-14-12-25(13-15-26)16-17-28-22-4-2-1-3-5-22/h1-9,21,27H,10,12-19H2/t21-/m1/s1. The number of β-amino-alcohol motifs (C(OH)–C–C–N with tert-alkyl or cyclic N) is 1. The molecule has 1 heterocycles. The minimum absolute atomic E-state index is 0.267. The van der Waals surface area contributed by atoms with E-state index in [1.807, 2.05) is 54.6 Å². The molecule has 0 aromatic heterocycles. The maximum atomic E-state index is 10.3. The number of piperazine rings is 1. The lowest BCUT2D eigenvalue weighted by Crippen LogP contribution is -2.50. The third-order valence-electron chi connectivity index (χ3n) is 5.00. The molecular formula is C23H29N3O3. The van der Waals surface area contributed by atoms with Gasteiger partial charge in [0.2, 0.25) is 0 Å². The van der Waals surface area contributed by atoms with Crippen molar-refractivity contribution in [2.75, 3.05) is 52.5 Å². The third kappa shape index (κ3) is 7.39. The lowest BCUT2D eigenvalue weighted by Gasteiger charge is -2.35. The van der Waals surface area contributed by atoms with Crippen molar-refractivity contribution in [3.8, 4) is 17.6 Å². The first kappa shape index (κ1) is 21.1. The smallest absolute Gasteiger partial charge is 0.119 e. The molecule has 0 bridgehead atoms. The van der Waals surface area contributed by atoms with E-state index in [0.717, 1.165) is 44.0 Å². The molecule has 1 saturated heterocycles. The number of hydrogen-bond acceptors (Lipinski definition) is 6. The maximum absolute atomic E-state index is 10.3. The Labute approximate surface area is 172 Å². The second kappa shape index (κ2) is 11.4. The molecular weight excluding hydrogens is 366 g/mol. The lowest BCUT2D eigenvalue weighted by atomic mass is 10.2. The van der Waals surface area contributed by atoms with Crippen LogP contribution in [0.5, 0.6) is 11.5 Å². The highest BCUT2D eigenvalue weighted by Gasteiger charge is 2.19. The maximum Gasteiger partial charge on any atom is 0.119 e. The highest BCUT2D eigenvalue weighted by Crippen LogP contribution is 2.13. The first-order valence-corrected chi connectivity index (χ1v) is 10.1. The van der Waals surface area contributed by atoms with Crippen LogP contribution >= 0.6 is 0 Å². The monoisotopic (exact) mass is 395 g/mol. The molecule has 0 radical (unpaired) electrons.